The fraction of sp³-hybridized carbons (Fsp3) is 0.375. The van der Waals surface area contributed by atoms with Crippen molar-refractivity contribution in [3.05, 3.63) is 46.7 Å². The molecule has 3 rings (SSSR count). The molecule has 1 aliphatic heterocycles. The van der Waals surface area contributed by atoms with Crippen LogP contribution in [0.5, 0.6) is 0 Å². The second-order valence-corrected chi connectivity index (χ2v) is 6.66. The van der Waals surface area contributed by atoms with E-state index in [-0.39, 0.29) is 24.5 Å². The molecule has 2 N–H and O–H groups in total. The lowest BCUT2D eigenvalue weighted by Gasteiger charge is -2.22. The maximum Gasteiger partial charge on any atom is 0.323 e. The number of thiazole rings is 1. The standard InChI is InChI=1S/C16H18FN3O2S/c17-12-4-1-3-11(7-12)8-14-9-18-15(23-14)19-16(22)20-6-2-5-13(20)10-21/h1,3-4,7,9,13,21H,2,5-6,8,10H2,(H,18,19,22)/t13-/m0/s1. The van der Waals surface area contributed by atoms with Crippen molar-refractivity contribution in [2.45, 2.75) is 25.3 Å². The Morgan fingerprint density at radius 3 is 3.17 bits per heavy atom. The quantitative estimate of drug-likeness (QED) is 0.903. The molecule has 122 valence electrons. The summed E-state index contributed by atoms with van der Waals surface area (Å²) in [5, 5.41) is 12.6. The molecule has 1 aromatic carbocycles. The molecule has 2 heterocycles. The number of nitrogens with one attached hydrogen (secondary N) is 1. The smallest absolute Gasteiger partial charge is 0.323 e. The van der Waals surface area contributed by atoms with Gasteiger partial charge in [0.15, 0.2) is 5.13 Å². The lowest BCUT2D eigenvalue weighted by Crippen LogP contribution is -2.40. The Kier molecular flexibility index (Phi) is 4.88. The number of benzene rings is 1. The Balaban J connectivity index is 1.62. The molecule has 7 heteroatoms. The number of carbonyl (C=O) groups excluding carboxylic acids is 1. The van der Waals surface area contributed by atoms with Gasteiger partial charge in [-0.15, -0.1) is 11.3 Å². The number of aliphatic hydroxyl groups is 1. The van der Waals surface area contributed by atoms with E-state index in [1.807, 2.05) is 6.07 Å². The number of hydrogen-bond donors (Lipinski definition) is 2. The highest BCUT2D eigenvalue weighted by Gasteiger charge is 2.28. The largest absolute Gasteiger partial charge is 0.394 e. The van der Waals surface area contributed by atoms with Gasteiger partial charge in [-0.25, -0.2) is 14.2 Å². The van der Waals surface area contributed by atoms with E-state index in [9.17, 15) is 14.3 Å². The van der Waals surface area contributed by atoms with Gasteiger partial charge in [-0.1, -0.05) is 12.1 Å². The maximum atomic E-state index is 13.2. The molecule has 0 unspecified atom stereocenters. The van der Waals surface area contributed by atoms with Crippen LogP contribution in [0.25, 0.3) is 0 Å². The second kappa shape index (κ2) is 7.06. The average molecular weight is 335 g/mol. The van der Waals surface area contributed by atoms with Crippen molar-refractivity contribution in [1.29, 1.82) is 0 Å². The zero-order chi connectivity index (χ0) is 16.2. The molecule has 0 bridgehead atoms. The predicted molar refractivity (Wildman–Crippen MR) is 87.2 cm³/mol. The number of carbonyl (C=O) groups is 1. The first-order valence-electron chi connectivity index (χ1n) is 7.53. The predicted octanol–water partition coefficient (Wildman–Crippen LogP) is 2.86. The van der Waals surface area contributed by atoms with Crippen molar-refractivity contribution in [1.82, 2.24) is 9.88 Å². The van der Waals surface area contributed by atoms with Gasteiger partial charge >= 0.3 is 6.03 Å². The molecule has 23 heavy (non-hydrogen) atoms. The van der Waals surface area contributed by atoms with Crippen molar-refractivity contribution in [3.8, 4) is 0 Å². The van der Waals surface area contributed by atoms with E-state index in [0.29, 0.717) is 18.1 Å². The topological polar surface area (TPSA) is 65.5 Å². The highest BCUT2D eigenvalue weighted by molar-refractivity contribution is 7.15. The number of hydrogen-bond acceptors (Lipinski definition) is 4. The normalized spacial score (nSPS) is 17.5. The van der Waals surface area contributed by atoms with Gasteiger partial charge in [0.1, 0.15) is 5.82 Å². The number of urea groups is 1. The minimum absolute atomic E-state index is 0.0177. The van der Waals surface area contributed by atoms with Crippen LogP contribution >= 0.6 is 11.3 Å². The molecular weight excluding hydrogens is 317 g/mol. The van der Waals surface area contributed by atoms with Gasteiger partial charge in [0.2, 0.25) is 0 Å². The summed E-state index contributed by atoms with van der Waals surface area (Å²) in [4.78, 5) is 19.0. The number of amides is 2. The van der Waals surface area contributed by atoms with Gasteiger partial charge in [0, 0.05) is 24.0 Å². The van der Waals surface area contributed by atoms with Crippen LogP contribution in [0.2, 0.25) is 0 Å². The van der Waals surface area contributed by atoms with E-state index >= 15 is 0 Å². The van der Waals surface area contributed by atoms with Crippen molar-refractivity contribution < 1.29 is 14.3 Å². The van der Waals surface area contributed by atoms with E-state index < -0.39 is 0 Å². The van der Waals surface area contributed by atoms with E-state index in [4.69, 9.17) is 0 Å². The molecule has 2 aromatic rings. The molecular formula is C16H18FN3O2S. The third kappa shape index (κ3) is 3.86. The SMILES string of the molecule is O=C(Nc1ncc(Cc2cccc(F)c2)s1)N1CCC[C@H]1CO. The molecule has 0 spiro atoms. The molecule has 1 fully saturated rings. The number of aliphatic hydroxyl groups excluding tert-OH is 1. The van der Waals surface area contributed by atoms with Crippen LogP contribution in [0.15, 0.2) is 30.5 Å². The molecule has 5 nitrogen and oxygen atoms in total. The van der Waals surface area contributed by atoms with Crippen LogP contribution < -0.4 is 5.32 Å². The zero-order valence-corrected chi connectivity index (χ0v) is 13.4. The molecule has 0 aliphatic carbocycles. The Morgan fingerprint density at radius 1 is 1.52 bits per heavy atom. The number of nitrogens with zero attached hydrogens (tertiary/aromatic N) is 2. The lowest BCUT2D eigenvalue weighted by atomic mass is 10.1. The molecule has 1 saturated heterocycles. The summed E-state index contributed by atoms with van der Waals surface area (Å²) in [6, 6.07) is 6.10. The number of rotatable bonds is 4. The first-order valence-corrected chi connectivity index (χ1v) is 8.35. The van der Waals surface area contributed by atoms with Crippen LogP contribution in [0.1, 0.15) is 23.3 Å². The summed E-state index contributed by atoms with van der Waals surface area (Å²) < 4.78 is 13.2. The molecule has 2 amide bonds. The molecule has 0 radical (unpaired) electrons. The van der Waals surface area contributed by atoms with Crippen molar-refractivity contribution in [2.75, 3.05) is 18.5 Å². The van der Waals surface area contributed by atoms with Gasteiger partial charge in [-0.05, 0) is 30.5 Å². The number of halogens is 1. The first-order chi connectivity index (χ1) is 11.2. The first kappa shape index (κ1) is 15.9. The minimum Gasteiger partial charge on any atom is -0.394 e. The van der Waals surface area contributed by atoms with Crippen LogP contribution in [-0.2, 0) is 6.42 Å². The average Bonchev–Trinajstić information content (AvgIpc) is 3.16. The van der Waals surface area contributed by atoms with Crippen LogP contribution in [-0.4, -0.2) is 40.2 Å². The lowest BCUT2D eigenvalue weighted by molar-refractivity contribution is 0.166. The van der Waals surface area contributed by atoms with Crippen LogP contribution in [0.4, 0.5) is 14.3 Å². The van der Waals surface area contributed by atoms with E-state index in [2.05, 4.69) is 10.3 Å². The van der Waals surface area contributed by atoms with Gasteiger partial charge in [0.05, 0.1) is 12.6 Å². The Labute approximate surface area is 137 Å². The van der Waals surface area contributed by atoms with Gasteiger partial charge in [-0.3, -0.25) is 5.32 Å². The Bertz CT molecular complexity index is 691. The fourth-order valence-corrected chi connectivity index (χ4v) is 3.59. The highest BCUT2D eigenvalue weighted by atomic mass is 32.1. The summed E-state index contributed by atoms with van der Waals surface area (Å²) in [6.07, 6.45) is 4.00. The van der Waals surface area contributed by atoms with Crippen LogP contribution in [0.3, 0.4) is 0 Å². The molecule has 0 saturated carbocycles. The molecule has 1 aliphatic rings. The summed E-state index contributed by atoms with van der Waals surface area (Å²) in [5.41, 5.74) is 0.867. The zero-order valence-electron chi connectivity index (χ0n) is 12.5. The van der Waals surface area contributed by atoms with Gasteiger partial charge < -0.3 is 10.0 Å². The van der Waals surface area contributed by atoms with Crippen molar-refractivity contribution >= 4 is 22.5 Å². The van der Waals surface area contributed by atoms with Crippen molar-refractivity contribution in [2.24, 2.45) is 0 Å². The number of likely N-dealkylation sites (tertiary alicyclic amines) is 1. The summed E-state index contributed by atoms with van der Waals surface area (Å²) in [7, 11) is 0. The summed E-state index contributed by atoms with van der Waals surface area (Å²) >= 11 is 1.37. The Hall–Kier alpha value is -1.99. The van der Waals surface area contributed by atoms with Crippen LogP contribution in [0, 0.1) is 5.82 Å². The van der Waals surface area contributed by atoms with Gasteiger partial charge in [0.25, 0.3) is 0 Å². The third-order valence-electron chi connectivity index (χ3n) is 3.88. The summed E-state index contributed by atoms with van der Waals surface area (Å²) in [6.45, 7) is 0.634. The second-order valence-electron chi connectivity index (χ2n) is 5.54. The highest BCUT2D eigenvalue weighted by Crippen LogP contribution is 2.23. The van der Waals surface area contributed by atoms with E-state index in [1.54, 1.807) is 17.2 Å². The third-order valence-corrected chi connectivity index (χ3v) is 4.80. The van der Waals surface area contributed by atoms with Gasteiger partial charge in [-0.2, -0.15) is 0 Å². The van der Waals surface area contributed by atoms with Crippen molar-refractivity contribution in [3.63, 3.8) is 0 Å². The fourth-order valence-electron chi connectivity index (χ4n) is 2.75. The summed E-state index contributed by atoms with van der Waals surface area (Å²) in [5.74, 6) is -0.260. The number of anilines is 1. The number of aromatic nitrogens is 1. The Morgan fingerprint density at radius 2 is 2.39 bits per heavy atom. The monoisotopic (exact) mass is 335 g/mol. The molecule has 1 atom stereocenters. The maximum absolute atomic E-state index is 13.2. The minimum atomic E-state index is -0.260. The van der Waals surface area contributed by atoms with E-state index in [1.165, 1.54) is 23.5 Å². The van der Waals surface area contributed by atoms with E-state index in [0.717, 1.165) is 23.3 Å². The molecule has 1 aromatic heterocycles.